The minimum absolute atomic E-state index is 0.0000405. The molecule has 1 aliphatic rings. The molecule has 1 saturated heterocycles. The average Bonchev–Trinajstić information content (AvgIpc) is 2.78. The van der Waals surface area contributed by atoms with Crippen molar-refractivity contribution in [2.24, 2.45) is 0 Å². The van der Waals surface area contributed by atoms with Gasteiger partial charge in [-0.15, -0.1) is 0 Å². The quantitative estimate of drug-likeness (QED) is 0.633. The van der Waals surface area contributed by atoms with Gasteiger partial charge in [-0.2, -0.15) is 0 Å². The molecule has 7 nitrogen and oxygen atoms in total. The Balaban J connectivity index is 1.34. The Labute approximate surface area is 188 Å². The van der Waals surface area contributed by atoms with Crippen LogP contribution >= 0.6 is 0 Å². The third kappa shape index (κ3) is 4.56. The smallest absolute Gasteiger partial charge is 0.260 e. The van der Waals surface area contributed by atoms with Crippen LogP contribution in [0.1, 0.15) is 32.9 Å². The highest BCUT2D eigenvalue weighted by atomic mass is 16.5. The zero-order valence-electron chi connectivity index (χ0n) is 19.0. The number of piperazine rings is 1. The van der Waals surface area contributed by atoms with Crippen LogP contribution in [0.3, 0.4) is 0 Å². The molecule has 0 bridgehead atoms. The lowest BCUT2D eigenvalue weighted by atomic mass is 10.1. The van der Waals surface area contributed by atoms with Gasteiger partial charge < -0.3 is 14.5 Å². The predicted octanol–water partition coefficient (Wildman–Crippen LogP) is 3.23. The first-order valence-electron chi connectivity index (χ1n) is 10.8. The van der Waals surface area contributed by atoms with E-state index in [2.05, 4.69) is 9.97 Å². The van der Waals surface area contributed by atoms with Gasteiger partial charge in [0.05, 0.1) is 22.4 Å². The van der Waals surface area contributed by atoms with Crippen LogP contribution in [0, 0.1) is 27.7 Å². The number of amides is 2. The molecule has 0 aliphatic carbocycles. The zero-order valence-corrected chi connectivity index (χ0v) is 19.0. The van der Waals surface area contributed by atoms with E-state index in [-0.39, 0.29) is 18.4 Å². The second-order valence-corrected chi connectivity index (χ2v) is 8.33. The van der Waals surface area contributed by atoms with Crippen molar-refractivity contribution in [1.29, 1.82) is 0 Å². The molecule has 0 unspecified atom stereocenters. The molecule has 2 aromatic carbocycles. The second-order valence-electron chi connectivity index (χ2n) is 8.33. The van der Waals surface area contributed by atoms with Crippen LogP contribution in [0.15, 0.2) is 36.4 Å². The van der Waals surface area contributed by atoms with Gasteiger partial charge in [-0.1, -0.05) is 17.7 Å². The lowest BCUT2D eigenvalue weighted by molar-refractivity contribution is -0.134. The van der Waals surface area contributed by atoms with E-state index < -0.39 is 0 Å². The summed E-state index contributed by atoms with van der Waals surface area (Å²) in [6, 6.07) is 11.3. The van der Waals surface area contributed by atoms with Crippen molar-refractivity contribution in [3.8, 4) is 5.75 Å². The Morgan fingerprint density at radius 2 is 1.50 bits per heavy atom. The van der Waals surface area contributed by atoms with Gasteiger partial charge in [0.1, 0.15) is 5.75 Å². The van der Waals surface area contributed by atoms with E-state index in [1.165, 1.54) is 0 Å². The number of benzene rings is 2. The summed E-state index contributed by atoms with van der Waals surface area (Å²) in [6.45, 7) is 9.80. The second kappa shape index (κ2) is 8.94. The fourth-order valence-electron chi connectivity index (χ4n) is 3.90. The van der Waals surface area contributed by atoms with E-state index in [9.17, 15) is 9.59 Å². The van der Waals surface area contributed by atoms with Gasteiger partial charge >= 0.3 is 0 Å². The molecule has 1 aliphatic heterocycles. The molecular weight excluding hydrogens is 404 g/mol. The van der Waals surface area contributed by atoms with Crippen molar-refractivity contribution in [3.63, 3.8) is 0 Å². The van der Waals surface area contributed by atoms with Crippen molar-refractivity contribution in [2.75, 3.05) is 32.8 Å². The Morgan fingerprint density at radius 3 is 2.19 bits per heavy atom. The van der Waals surface area contributed by atoms with Gasteiger partial charge in [-0.3, -0.25) is 9.59 Å². The van der Waals surface area contributed by atoms with Crippen LogP contribution in [0.5, 0.6) is 5.75 Å². The summed E-state index contributed by atoms with van der Waals surface area (Å²) in [5.41, 5.74) is 6.01. The molecule has 0 saturated carbocycles. The molecule has 0 N–H and O–H groups in total. The van der Waals surface area contributed by atoms with E-state index in [0.717, 1.165) is 39.3 Å². The van der Waals surface area contributed by atoms with Crippen LogP contribution in [0.4, 0.5) is 0 Å². The van der Waals surface area contributed by atoms with Crippen LogP contribution < -0.4 is 4.74 Å². The van der Waals surface area contributed by atoms with Gasteiger partial charge in [-0.25, -0.2) is 9.97 Å². The first kappa shape index (κ1) is 21.7. The molecule has 1 fully saturated rings. The van der Waals surface area contributed by atoms with E-state index >= 15 is 0 Å². The molecule has 2 heterocycles. The Morgan fingerprint density at radius 1 is 0.844 bits per heavy atom. The van der Waals surface area contributed by atoms with Crippen molar-refractivity contribution in [3.05, 3.63) is 64.5 Å². The highest BCUT2D eigenvalue weighted by molar-refractivity contribution is 5.97. The summed E-state index contributed by atoms with van der Waals surface area (Å²) in [6.07, 6.45) is 0. The molecule has 3 aromatic rings. The third-order valence-electron chi connectivity index (χ3n) is 5.92. The molecule has 0 spiro atoms. The van der Waals surface area contributed by atoms with E-state index in [0.29, 0.717) is 31.7 Å². The van der Waals surface area contributed by atoms with Crippen LogP contribution in [-0.4, -0.2) is 64.4 Å². The zero-order chi connectivity index (χ0) is 22.8. The molecule has 166 valence electrons. The normalized spacial score (nSPS) is 14.0. The SMILES string of the molecule is Cc1ccc(OCC(=O)N2CCN(C(=O)c3ccc4nc(C)c(C)nc4c3)CC2)c(C)c1. The number of carbonyl (C=O) groups excluding carboxylic acids is 2. The van der Waals surface area contributed by atoms with Crippen molar-refractivity contribution >= 4 is 22.8 Å². The molecular formula is C25H28N4O3. The van der Waals surface area contributed by atoms with Crippen molar-refractivity contribution in [1.82, 2.24) is 19.8 Å². The highest BCUT2D eigenvalue weighted by Crippen LogP contribution is 2.19. The summed E-state index contributed by atoms with van der Waals surface area (Å²) in [4.78, 5) is 38.2. The minimum atomic E-state index is -0.0658. The average molecular weight is 433 g/mol. The van der Waals surface area contributed by atoms with Crippen molar-refractivity contribution in [2.45, 2.75) is 27.7 Å². The maximum atomic E-state index is 13.0. The molecule has 0 atom stereocenters. The number of hydrogen-bond donors (Lipinski definition) is 0. The third-order valence-corrected chi connectivity index (χ3v) is 5.92. The predicted molar refractivity (Wildman–Crippen MR) is 123 cm³/mol. The Hall–Kier alpha value is -3.48. The topological polar surface area (TPSA) is 75.6 Å². The van der Waals surface area contributed by atoms with Crippen LogP contribution in [0.2, 0.25) is 0 Å². The summed E-state index contributed by atoms with van der Waals surface area (Å²) < 4.78 is 5.72. The molecule has 0 radical (unpaired) electrons. The summed E-state index contributed by atoms with van der Waals surface area (Å²) in [5, 5.41) is 0. The molecule has 1 aromatic heterocycles. The first-order chi connectivity index (χ1) is 15.3. The number of hydrogen-bond acceptors (Lipinski definition) is 5. The maximum absolute atomic E-state index is 13.0. The largest absolute Gasteiger partial charge is 0.484 e. The number of ether oxygens (including phenoxy) is 1. The van der Waals surface area contributed by atoms with Gasteiger partial charge in [0, 0.05) is 31.7 Å². The minimum Gasteiger partial charge on any atom is -0.484 e. The van der Waals surface area contributed by atoms with Crippen LogP contribution in [-0.2, 0) is 4.79 Å². The maximum Gasteiger partial charge on any atom is 0.260 e. The molecule has 32 heavy (non-hydrogen) atoms. The van der Waals surface area contributed by atoms with Gasteiger partial charge in [-0.05, 0) is 57.5 Å². The number of nitrogens with zero attached hydrogens (tertiary/aromatic N) is 4. The fraction of sp³-hybridized carbons (Fsp3) is 0.360. The van der Waals surface area contributed by atoms with E-state index in [4.69, 9.17) is 4.74 Å². The standard InChI is InChI=1S/C25H28N4O3/c1-16-5-8-23(17(2)13-16)32-15-24(30)28-9-11-29(12-10-28)25(31)20-6-7-21-22(14-20)27-19(4)18(3)26-21/h5-8,13-14H,9-12,15H2,1-4H3. The number of aryl methyl sites for hydroxylation is 4. The summed E-state index contributed by atoms with van der Waals surface area (Å²) in [7, 11) is 0. The molecule has 7 heteroatoms. The fourth-order valence-corrected chi connectivity index (χ4v) is 3.90. The Bertz CT molecular complexity index is 1180. The van der Waals surface area contributed by atoms with Crippen molar-refractivity contribution < 1.29 is 14.3 Å². The number of carbonyl (C=O) groups is 2. The number of aromatic nitrogens is 2. The van der Waals surface area contributed by atoms with E-state index in [1.54, 1.807) is 21.9 Å². The number of rotatable bonds is 4. The Kier molecular flexibility index (Phi) is 6.08. The van der Waals surface area contributed by atoms with E-state index in [1.807, 2.05) is 52.0 Å². The summed E-state index contributed by atoms with van der Waals surface area (Å²) >= 11 is 0. The molecule has 2 amide bonds. The highest BCUT2D eigenvalue weighted by Gasteiger charge is 2.25. The van der Waals surface area contributed by atoms with Gasteiger partial charge in [0.15, 0.2) is 6.61 Å². The van der Waals surface area contributed by atoms with Gasteiger partial charge in [0.2, 0.25) is 0 Å². The lowest BCUT2D eigenvalue weighted by Crippen LogP contribution is -2.51. The first-order valence-corrected chi connectivity index (χ1v) is 10.8. The summed E-state index contributed by atoms with van der Waals surface area (Å²) in [5.74, 6) is 0.608. The lowest BCUT2D eigenvalue weighted by Gasteiger charge is -2.34. The van der Waals surface area contributed by atoms with Gasteiger partial charge in [0.25, 0.3) is 11.8 Å². The van der Waals surface area contributed by atoms with Crippen LogP contribution in [0.25, 0.3) is 11.0 Å². The molecule has 4 rings (SSSR count). The number of fused-ring (bicyclic) bond motifs is 1. The monoisotopic (exact) mass is 432 g/mol.